The maximum atomic E-state index is 10.8. The van der Waals surface area contributed by atoms with Crippen LogP contribution in [0.4, 0.5) is 0 Å². The van der Waals surface area contributed by atoms with Gasteiger partial charge in [0.2, 0.25) is 0 Å². The fourth-order valence-electron chi connectivity index (χ4n) is 1.32. The molecule has 0 aliphatic carbocycles. The third-order valence-electron chi connectivity index (χ3n) is 2.11. The summed E-state index contributed by atoms with van der Waals surface area (Å²) < 4.78 is 2.15. The van der Waals surface area contributed by atoms with Crippen LogP contribution < -0.4 is 0 Å². The molecule has 0 aromatic carbocycles. The van der Waals surface area contributed by atoms with Crippen molar-refractivity contribution in [3.05, 3.63) is 14.5 Å². The summed E-state index contributed by atoms with van der Waals surface area (Å²) in [6.07, 6.45) is 0.500. The molecule has 2 N–H and O–H groups in total. The van der Waals surface area contributed by atoms with Crippen molar-refractivity contribution in [3.63, 3.8) is 0 Å². The average molecular weight is 261 g/mol. The Balaban J connectivity index is 2.85. The molecular formula is C9H11NO4S2. The van der Waals surface area contributed by atoms with Crippen molar-refractivity contribution in [2.45, 2.75) is 26.3 Å². The first-order chi connectivity index (χ1) is 7.43. The zero-order valence-corrected chi connectivity index (χ0v) is 10.2. The van der Waals surface area contributed by atoms with E-state index in [1.54, 1.807) is 11.5 Å². The van der Waals surface area contributed by atoms with Crippen molar-refractivity contribution >= 4 is 35.5 Å². The van der Waals surface area contributed by atoms with Gasteiger partial charge < -0.3 is 14.8 Å². The number of aromatic carboxylic acids is 1. The van der Waals surface area contributed by atoms with Crippen molar-refractivity contribution in [1.29, 1.82) is 0 Å². The van der Waals surface area contributed by atoms with Crippen LogP contribution in [-0.2, 0) is 11.3 Å². The predicted octanol–water partition coefficient (Wildman–Crippen LogP) is 2.15. The molecule has 5 nitrogen and oxygen atoms in total. The van der Waals surface area contributed by atoms with Gasteiger partial charge >= 0.3 is 11.9 Å². The van der Waals surface area contributed by atoms with E-state index in [2.05, 4.69) is 0 Å². The molecule has 0 aliphatic rings. The van der Waals surface area contributed by atoms with Gasteiger partial charge in [0.1, 0.15) is 4.88 Å². The van der Waals surface area contributed by atoms with Crippen LogP contribution in [0.15, 0.2) is 0 Å². The average Bonchev–Trinajstić information content (AvgIpc) is 2.44. The molecule has 0 saturated carbocycles. The summed E-state index contributed by atoms with van der Waals surface area (Å²) in [5.41, 5.74) is 0.591. The van der Waals surface area contributed by atoms with E-state index in [-0.39, 0.29) is 11.3 Å². The molecule has 0 bridgehead atoms. The van der Waals surface area contributed by atoms with Gasteiger partial charge in [-0.25, -0.2) is 4.79 Å². The maximum absolute atomic E-state index is 10.8. The smallest absolute Gasteiger partial charge is 0.347 e. The van der Waals surface area contributed by atoms with Gasteiger partial charge in [-0.15, -0.1) is 0 Å². The van der Waals surface area contributed by atoms with E-state index < -0.39 is 11.9 Å². The first-order valence-corrected chi connectivity index (χ1v) is 5.81. The number of carbonyl (C=O) groups is 2. The fraction of sp³-hybridized carbons (Fsp3) is 0.444. The number of thiazole rings is 1. The molecule has 16 heavy (non-hydrogen) atoms. The predicted molar refractivity (Wildman–Crippen MR) is 61.7 cm³/mol. The Morgan fingerprint density at radius 2 is 2.06 bits per heavy atom. The number of rotatable bonds is 5. The van der Waals surface area contributed by atoms with Crippen LogP contribution >= 0.6 is 23.6 Å². The topological polar surface area (TPSA) is 79.5 Å². The molecule has 88 valence electrons. The SMILES string of the molecule is Cc1c(C(=O)O)sc(=S)n1CCCC(=O)O. The molecule has 0 atom stereocenters. The van der Waals surface area contributed by atoms with E-state index in [4.69, 9.17) is 22.4 Å². The Morgan fingerprint density at radius 3 is 2.50 bits per heavy atom. The molecule has 0 saturated heterocycles. The minimum absolute atomic E-state index is 0.0550. The van der Waals surface area contributed by atoms with Crippen LogP contribution in [0.5, 0.6) is 0 Å². The molecule has 1 aromatic rings. The lowest BCUT2D eigenvalue weighted by Gasteiger charge is -2.04. The Bertz CT molecular complexity index is 474. The third-order valence-corrected chi connectivity index (χ3v) is 3.65. The molecule has 0 aliphatic heterocycles. The van der Waals surface area contributed by atoms with Crippen LogP contribution in [0, 0.1) is 10.9 Å². The number of carboxylic acid groups (broad SMARTS) is 2. The maximum Gasteiger partial charge on any atom is 0.347 e. The number of aliphatic carboxylic acids is 1. The standard InChI is InChI=1S/C9H11NO4S2/c1-5-7(8(13)14)16-9(15)10(5)4-2-3-6(11)12/h2-4H2,1H3,(H,11,12)(H,13,14). The van der Waals surface area contributed by atoms with Crippen LogP contribution in [-0.4, -0.2) is 26.7 Å². The largest absolute Gasteiger partial charge is 0.481 e. The van der Waals surface area contributed by atoms with E-state index in [1.165, 1.54) is 0 Å². The molecule has 1 rings (SSSR count). The number of aromatic nitrogens is 1. The molecule has 0 amide bonds. The summed E-state index contributed by atoms with van der Waals surface area (Å²) in [5.74, 6) is -1.86. The Labute approximate surface area is 101 Å². The minimum Gasteiger partial charge on any atom is -0.481 e. The van der Waals surface area contributed by atoms with Crippen LogP contribution in [0.1, 0.15) is 28.2 Å². The number of hydrogen-bond acceptors (Lipinski definition) is 4. The Morgan fingerprint density at radius 1 is 1.44 bits per heavy atom. The summed E-state index contributed by atoms with van der Waals surface area (Å²) in [4.78, 5) is 21.4. The molecular weight excluding hydrogens is 250 g/mol. The number of nitrogens with zero attached hydrogens (tertiary/aromatic N) is 1. The Hall–Kier alpha value is -1.21. The van der Waals surface area contributed by atoms with Crippen molar-refractivity contribution in [2.24, 2.45) is 0 Å². The normalized spacial score (nSPS) is 10.3. The van der Waals surface area contributed by atoms with Crippen LogP contribution in [0.25, 0.3) is 0 Å². The van der Waals surface area contributed by atoms with E-state index >= 15 is 0 Å². The quantitative estimate of drug-likeness (QED) is 0.794. The van der Waals surface area contributed by atoms with E-state index in [0.29, 0.717) is 22.6 Å². The summed E-state index contributed by atoms with van der Waals surface area (Å²) >= 11 is 6.07. The monoisotopic (exact) mass is 261 g/mol. The molecule has 1 heterocycles. The summed E-state index contributed by atoms with van der Waals surface area (Å²) in [5, 5.41) is 17.4. The van der Waals surface area contributed by atoms with Gasteiger partial charge in [-0.1, -0.05) is 11.3 Å². The lowest BCUT2D eigenvalue weighted by Crippen LogP contribution is -2.05. The van der Waals surface area contributed by atoms with Gasteiger partial charge in [0, 0.05) is 18.7 Å². The van der Waals surface area contributed by atoms with Gasteiger partial charge in [0.05, 0.1) is 0 Å². The second kappa shape index (κ2) is 5.22. The molecule has 7 heteroatoms. The zero-order chi connectivity index (χ0) is 12.3. The van der Waals surface area contributed by atoms with E-state index in [1.807, 2.05) is 0 Å². The van der Waals surface area contributed by atoms with E-state index in [9.17, 15) is 9.59 Å². The van der Waals surface area contributed by atoms with Gasteiger partial charge in [-0.05, 0) is 25.6 Å². The van der Waals surface area contributed by atoms with Crippen molar-refractivity contribution in [3.8, 4) is 0 Å². The van der Waals surface area contributed by atoms with Gasteiger partial charge in [-0.2, -0.15) is 0 Å². The fourth-order valence-corrected chi connectivity index (χ4v) is 2.66. The highest BCUT2D eigenvalue weighted by molar-refractivity contribution is 7.73. The highest BCUT2D eigenvalue weighted by Gasteiger charge is 2.14. The van der Waals surface area contributed by atoms with Gasteiger partial charge in [-0.3, -0.25) is 4.79 Å². The first kappa shape index (κ1) is 12.9. The number of carboxylic acids is 2. The van der Waals surface area contributed by atoms with Gasteiger partial charge in [0.15, 0.2) is 3.95 Å². The third kappa shape index (κ3) is 2.89. The van der Waals surface area contributed by atoms with Crippen molar-refractivity contribution in [2.75, 3.05) is 0 Å². The first-order valence-electron chi connectivity index (χ1n) is 4.58. The number of hydrogen-bond donors (Lipinski definition) is 2. The van der Waals surface area contributed by atoms with Gasteiger partial charge in [0.25, 0.3) is 0 Å². The molecule has 0 fully saturated rings. The molecule has 1 aromatic heterocycles. The van der Waals surface area contributed by atoms with Crippen LogP contribution in [0.2, 0.25) is 0 Å². The van der Waals surface area contributed by atoms with E-state index in [0.717, 1.165) is 11.3 Å². The van der Waals surface area contributed by atoms with Crippen LogP contribution in [0.3, 0.4) is 0 Å². The summed E-state index contributed by atoms with van der Waals surface area (Å²) in [6, 6.07) is 0. The highest BCUT2D eigenvalue weighted by atomic mass is 32.1. The minimum atomic E-state index is -0.995. The highest BCUT2D eigenvalue weighted by Crippen LogP contribution is 2.19. The molecule has 0 spiro atoms. The summed E-state index contributed by atoms with van der Waals surface area (Å²) in [7, 11) is 0. The van der Waals surface area contributed by atoms with Crippen molar-refractivity contribution < 1.29 is 19.8 Å². The Kier molecular flexibility index (Phi) is 4.19. The van der Waals surface area contributed by atoms with Crippen molar-refractivity contribution in [1.82, 2.24) is 4.57 Å². The second-order valence-corrected chi connectivity index (χ2v) is 4.88. The molecule has 0 radical (unpaired) electrons. The lowest BCUT2D eigenvalue weighted by atomic mass is 10.3. The lowest BCUT2D eigenvalue weighted by molar-refractivity contribution is -0.137. The zero-order valence-electron chi connectivity index (χ0n) is 8.60. The molecule has 0 unspecified atom stereocenters. The second-order valence-electron chi connectivity index (χ2n) is 3.24. The summed E-state index contributed by atoms with van der Waals surface area (Å²) in [6.45, 7) is 2.12.